The SMILES string of the molecule is O=C1N=C(N2CCc3cc(NS(=O)(=O)C(F)(F)F)ccc32)S/C1=C\c1ccc(OCc2ccc(C3CCCCC3)cc2)cc1. The number of hydrogen-bond acceptors (Lipinski definition) is 6. The van der Waals surface area contributed by atoms with Crippen molar-refractivity contribution in [1.82, 2.24) is 0 Å². The number of thioether (sulfide) groups is 1. The molecule has 0 atom stereocenters. The first-order chi connectivity index (χ1) is 21.1. The number of hydrogen-bond donors (Lipinski definition) is 1. The molecule has 12 heteroatoms. The first-order valence-corrected chi connectivity index (χ1v) is 16.7. The minimum atomic E-state index is -5.52. The number of benzene rings is 3. The fourth-order valence-corrected chi connectivity index (χ4v) is 7.20. The molecule has 6 rings (SSSR count). The van der Waals surface area contributed by atoms with Crippen LogP contribution in [0.1, 0.15) is 60.3 Å². The molecule has 0 spiro atoms. The molecule has 3 aliphatic rings. The fourth-order valence-electron chi connectivity index (χ4n) is 5.69. The van der Waals surface area contributed by atoms with E-state index < -0.39 is 15.5 Å². The molecule has 1 aliphatic carbocycles. The number of nitrogens with one attached hydrogen (secondary N) is 1. The Balaban J connectivity index is 1.05. The van der Waals surface area contributed by atoms with Crippen LogP contribution in [0.25, 0.3) is 6.08 Å². The van der Waals surface area contributed by atoms with E-state index in [2.05, 4.69) is 29.3 Å². The third-order valence-corrected chi connectivity index (χ3v) is 10.1. The van der Waals surface area contributed by atoms with Gasteiger partial charge in [0.1, 0.15) is 12.4 Å². The Morgan fingerprint density at radius 3 is 2.43 bits per heavy atom. The second-order valence-electron chi connectivity index (χ2n) is 11.0. The van der Waals surface area contributed by atoms with Gasteiger partial charge in [0.15, 0.2) is 5.17 Å². The van der Waals surface area contributed by atoms with Crippen LogP contribution >= 0.6 is 11.8 Å². The smallest absolute Gasteiger partial charge is 0.489 e. The van der Waals surface area contributed by atoms with E-state index in [0.717, 1.165) is 16.9 Å². The van der Waals surface area contributed by atoms with Crippen LogP contribution in [0.3, 0.4) is 0 Å². The Morgan fingerprint density at radius 1 is 1.00 bits per heavy atom. The number of carbonyl (C=O) groups excluding carboxylic acids is 1. The maximum atomic E-state index is 12.7. The first-order valence-electron chi connectivity index (χ1n) is 14.4. The molecule has 0 unspecified atom stereocenters. The van der Waals surface area contributed by atoms with Crippen molar-refractivity contribution in [3.8, 4) is 5.75 Å². The molecule has 2 heterocycles. The predicted molar refractivity (Wildman–Crippen MR) is 167 cm³/mol. The normalized spacial score (nSPS) is 18.4. The Morgan fingerprint density at radius 2 is 1.73 bits per heavy atom. The summed E-state index contributed by atoms with van der Waals surface area (Å²) < 4.78 is 68.7. The number of amidine groups is 1. The second-order valence-corrected chi connectivity index (χ2v) is 13.7. The van der Waals surface area contributed by atoms with Crippen LogP contribution in [0.4, 0.5) is 24.5 Å². The monoisotopic (exact) mass is 641 g/mol. The second kappa shape index (κ2) is 12.3. The molecule has 44 heavy (non-hydrogen) atoms. The number of fused-ring (bicyclic) bond motifs is 1. The van der Waals surface area contributed by atoms with Crippen LogP contribution in [0.5, 0.6) is 5.75 Å². The summed E-state index contributed by atoms with van der Waals surface area (Å²) in [4.78, 5) is 19.1. The molecule has 7 nitrogen and oxygen atoms in total. The van der Waals surface area contributed by atoms with Gasteiger partial charge in [0.2, 0.25) is 0 Å². The summed E-state index contributed by atoms with van der Waals surface area (Å²) in [5.41, 5.74) is -0.956. The molecule has 1 N–H and O–H groups in total. The highest BCUT2D eigenvalue weighted by atomic mass is 32.2. The van der Waals surface area contributed by atoms with Crippen molar-refractivity contribution in [2.45, 2.75) is 56.6 Å². The quantitative estimate of drug-likeness (QED) is 0.267. The lowest BCUT2D eigenvalue weighted by Crippen LogP contribution is -2.29. The zero-order valence-electron chi connectivity index (χ0n) is 23.6. The summed E-state index contributed by atoms with van der Waals surface area (Å²) in [6, 6.07) is 20.3. The number of ether oxygens (including phenoxy) is 1. The van der Waals surface area contributed by atoms with Crippen LogP contribution in [-0.2, 0) is 27.8 Å². The van der Waals surface area contributed by atoms with Crippen molar-refractivity contribution in [2.75, 3.05) is 16.2 Å². The van der Waals surface area contributed by atoms with Crippen LogP contribution in [0.2, 0.25) is 0 Å². The minimum Gasteiger partial charge on any atom is -0.489 e. The van der Waals surface area contributed by atoms with Crippen LogP contribution in [0.15, 0.2) is 76.6 Å². The third kappa shape index (κ3) is 6.66. The van der Waals surface area contributed by atoms with Crippen molar-refractivity contribution in [3.63, 3.8) is 0 Å². The Labute approximate surface area is 258 Å². The molecule has 3 aromatic carbocycles. The Bertz CT molecular complexity index is 1710. The van der Waals surface area contributed by atoms with Gasteiger partial charge >= 0.3 is 15.5 Å². The molecule has 1 saturated carbocycles. The lowest BCUT2D eigenvalue weighted by molar-refractivity contribution is -0.113. The van der Waals surface area contributed by atoms with E-state index in [-0.39, 0.29) is 11.6 Å². The molecule has 0 aromatic heterocycles. The van der Waals surface area contributed by atoms with Crippen molar-refractivity contribution in [3.05, 3.63) is 93.9 Å². The number of sulfonamides is 1. The van der Waals surface area contributed by atoms with Gasteiger partial charge in [-0.2, -0.15) is 26.6 Å². The Kier molecular flexibility index (Phi) is 8.47. The minimum absolute atomic E-state index is 0.180. The lowest BCUT2D eigenvalue weighted by Gasteiger charge is -2.22. The van der Waals surface area contributed by atoms with Gasteiger partial charge in [-0.25, -0.2) is 0 Å². The maximum absolute atomic E-state index is 12.7. The van der Waals surface area contributed by atoms with Crippen molar-refractivity contribution in [2.24, 2.45) is 4.99 Å². The number of halogens is 3. The van der Waals surface area contributed by atoms with Crippen molar-refractivity contribution < 1.29 is 31.1 Å². The molecule has 2 aliphatic heterocycles. The van der Waals surface area contributed by atoms with E-state index >= 15 is 0 Å². The molecule has 1 fully saturated rings. The zero-order chi connectivity index (χ0) is 30.9. The van der Waals surface area contributed by atoms with Gasteiger partial charge in [0.05, 0.1) is 4.91 Å². The van der Waals surface area contributed by atoms with Gasteiger partial charge in [-0.1, -0.05) is 55.7 Å². The summed E-state index contributed by atoms with van der Waals surface area (Å²) in [5.74, 6) is 1.01. The number of carbonyl (C=O) groups is 1. The highest BCUT2D eigenvalue weighted by molar-refractivity contribution is 8.18. The van der Waals surface area contributed by atoms with Crippen molar-refractivity contribution in [1.29, 1.82) is 0 Å². The number of aliphatic imine (C=N–C) groups is 1. The van der Waals surface area contributed by atoms with Gasteiger partial charge in [-0.05, 0) is 95.6 Å². The van der Waals surface area contributed by atoms with E-state index in [1.54, 1.807) is 15.7 Å². The first kappa shape index (κ1) is 30.3. The van der Waals surface area contributed by atoms with Crippen LogP contribution < -0.4 is 14.4 Å². The van der Waals surface area contributed by atoms with Crippen molar-refractivity contribution >= 4 is 50.3 Å². The van der Waals surface area contributed by atoms with E-state index in [0.29, 0.717) is 46.8 Å². The summed E-state index contributed by atoms with van der Waals surface area (Å²) >= 11 is 1.21. The van der Waals surface area contributed by atoms with E-state index in [9.17, 15) is 26.4 Å². The topological polar surface area (TPSA) is 88.1 Å². The molecular formula is C32H30F3N3O4S2. The average Bonchev–Trinajstić information content (AvgIpc) is 3.59. The van der Waals surface area contributed by atoms with Gasteiger partial charge in [0, 0.05) is 17.9 Å². The molecule has 1 amide bonds. The fraction of sp³-hybridized carbons (Fsp3) is 0.312. The highest BCUT2D eigenvalue weighted by Crippen LogP contribution is 2.38. The summed E-state index contributed by atoms with van der Waals surface area (Å²) in [6.07, 6.45) is 8.71. The molecule has 230 valence electrons. The standard InChI is InChI=1S/C32H30F3N3O4S2/c33-32(34,35)44(40,41)37-26-12-15-28-25(19-26)16-17-38(28)31-36-30(39)29(43-31)18-21-8-13-27(14-9-21)42-20-22-6-10-24(11-7-22)23-4-2-1-3-5-23/h6-15,18-19,23,37H,1-5,16-17,20H2/b29-18-. The number of anilines is 2. The predicted octanol–water partition coefficient (Wildman–Crippen LogP) is 7.61. The van der Waals surface area contributed by atoms with E-state index in [1.165, 1.54) is 67.6 Å². The molecule has 0 radical (unpaired) electrons. The summed E-state index contributed by atoms with van der Waals surface area (Å²) in [5, 5.41) is 0.457. The Hall–Kier alpha value is -3.77. The maximum Gasteiger partial charge on any atom is 0.516 e. The van der Waals surface area contributed by atoms with Crippen LogP contribution in [0, 0.1) is 0 Å². The molecule has 0 bridgehead atoms. The molecule has 0 saturated heterocycles. The molecule has 3 aromatic rings. The number of alkyl halides is 3. The lowest BCUT2D eigenvalue weighted by atomic mass is 9.84. The van der Waals surface area contributed by atoms with Gasteiger partial charge in [-0.15, -0.1) is 0 Å². The number of rotatable bonds is 7. The average molecular weight is 642 g/mol. The zero-order valence-corrected chi connectivity index (χ0v) is 25.3. The number of amides is 1. The van der Waals surface area contributed by atoms with E-state index in [1.807, 2.05) is 24.3 Å². The third-order valence-electron chi connectivity index (χ3n) is 8.01. The summed E-state index contributed by atoms with van der Waals surface area (Å²) in [6.45, 7) is 0.913. The van der Waals surface area contributed by atoms with Gasteiger partial charge < -0.3 is 9.64 Å². The van der Waals surface area contributed by atoms with Gasteiger partial charge in [0.25, 0.3) is 5.91 Å². The molecular weight excluding hydrogens is 611 g/mol. The van der Waals surface area contributed by atoms with E-state index in [4.69, 9.17) is 4.74 Å². The largest absolute Gasteiger partial charge is 0.516 e. The van der Waals surface area contributed by atoms with Gasteiger partial charge in [-0.3, -0.25) is 9.52 Å². The summed E-state index contributed by atoms with van der Waals surface area (Å²) in [7, 11) is -5.52. The van der Waals surface area contributed by atoms with Crippen LogP contribution in [-0.4, -0.2) is 31.5 Å². The number of nitrogens with zero attached hydrogens (tertiary/aromatic N) is 2. The highest BCUT2D eigenvalue weighted by Gasteiger charge is 2.46.